The van der Waals surface area contributed by atoms with Gasteiger partial charge in [0.15, 0.2) is 0 Å². The van der Waals surface area contributed by atoms with E-state index in [-0.39, 0.29) is 5.91 Å². The molecule has 4 nitrogen and oxygen atoms in total. The number of anilines is 1. The molecule has 1 aromatic carbocycles. The van der Waals surface area contributed by atoms with E-state index in [0.29, 0.717) is 9.23 Å². The first-order chi connectivity index (χ1) is 9.52. The second-order valence-electron chi connectivity index (χ2n) is 4.36. The Labute approximate surface area is 131 Å². The number of ether oxygens (including phenoxy) is 1. The molecule has 0 bridgehead atoms. The number of nitrogens with zero attached hydrogens (tertiary/aromatic N) is 2. The summed E-state index contributed by atoms with van der Waals surface area (Å²) in [7, 11) is 5.31. The van der Waals surface area contributed by atoms with Gasteiger partial charge in [0, 0.05) is 25.1 Å². The van der Waals surface area contributed by atoms with Crippen molar-refractivity contribution in [3.8, 4) is 5.75 Å². The fourth-order valence-electron chi connectivity index (χ4n) is 2.02. The van der Waals surface area contributed by atoms with E-state index >= 15 is 0 Å². The molecule has 0 unspecified atom stereocenters. The van der Waals surface area contributed by atoms with Gasteiger partial charge in [0.25, 0.3) is 5.91 Å². The van der Waals surface area contributed by atoms with Crippen molar-refractivity contribution in [2.75, 3.05) is 26.1 Å². The largest absolute Gasteiger partial charge is 0.497 e. The number of hydrogen-bond acceptors (Lipinski definition) is 6. The topological polar surface area (TPSA) is 32.8 Å². The fraction of sp³-hybridized carbons (Fsp3) is 0.231. The monoisotopic (exact) mass is 324 g/mol. The average molecular weight is 324 g/mol. The van der Waals surface area contributed by atoms with E-state index < -0.39 is 0 Å². The summed E-state index contributed by atoms with van der Waals surface area (Å²) in [5.74, 6) is 0.773. The summed E-state index contributed by atoms with van der Waals surface area (Å²) in [5, 5.41) is 0.926. The van der Waals surface area contributed by atoms with E-state index in [1.54, 1.807) is 25.9 Å². The molecule has 0 spiro atoms. The van der Waals surface area contributed by atoms with Gasteiger partial charge in [-0.15, -0.1) is 0 Å². The van der Waals surface area contributed by atoms with Gasteiger partial charge in [0.1, 0.15) is 15.0 Å². The average Bonchev–Trinajstić information content (AvgIpc) is 2.91. The molecule has 2 heterocycles. The van der Waals surface area contributed by atoms with Gasteiger partial charge in [0.2, 0.25) is 0 Å². The highest BCUT2D eigenvalue weighted by molar-refractivity contribution is 8.27. The van der Waals surface area contributed by atoms with Crippen LogP contribution in [0, 0.1) is 0 Å². The second-order valence-corrected chi connectivity index (χ2v) is 7.04. The number of carbonyl (C=O) groups is 1. The van der Waals surface area contributed by atoms with Crippen molar-refractivity contribution in [3.05, 3.63) is 28.1 Å². The number of hydrogen-bond donors (Lipinski definition) is 0. The molecule has 2 aliphatic heterocycles. The maximum absolute atomic E-state index is 12.2. The van der Waals surface area contributed by atoms with Crippen LogP contribution in [0.25, 0.3) is 0 Å². The lowest BCUT2D eigenvalue weighted by molar-refractivity contribution is -0.121. The van der Waals surface area contributed by atoms with E-state index in [0.717, 1.165) is 21.4 Å². The lowest BCUT2D eigenvalue weighted by Gasteiger charge is -2.15. The van der Waals surface area contributed by atoms with Crippen LogP contribution in [0.5, 0.6) is 5.75 Å². The molecule has 1 amide bonds. The van der Waals surface area contributed by atoms with Crippen molar-refractivity contribution in [1.82, 2.24) is 4.90 Å². The number of likely N-dealkylation sites (N-methyl/N-ethyl adjacent to an activating group) is 1. The fourth-order valence-corrected chi connectivity index (χ4v) is 4.51. The third kappa shape index (κ3) is 2.01. The Morgan fingerprint density at radius 3 is 2.55 bits per heavy atom. The molecule has 0 N–H and O–H groups in total. The Kier molecular flexibility index (Phi) is 3.43. The van der Waals surface area contributed by atoms with Crippen LogP contribution in [0.4, 0.5) is 5.69 Å². The van der Waals surface area contributed by atoms with E-state index in [1.807, 2.05) is 30.1 Å². The number of methoxy groups -OCH3 is 1. The third-order valence-electron chi connectivity index (χ3n) is 3.20. The molecule has 0 aromatic heterocycles. The Hall–Kier alpha value is -1.18. The Morgan fingerprint density at radius 1 is 1.20 bits per heavy atom. The first-order valence-electron chi connectivity index (χ1n) is 5.86. The maximum atomic E-state index is 12.2. The molecular formula is C13H12N2O2S3. The molecule has 2 aliphatic rings. The van der Waals surface area contributed by atoms with Gasteiger partial charge in [-0.05, 0) is 12.1 Å². The zero-order valence-corrected chi connectivity index (χ0v) is 13.6. The Bertz CT molecular complexity index is 657. The zero-order chi connectivity index (χ0) is 14.4. The van der Waals surface area contributed by atoms with Crippen molar-refractivity contribution in [3.63, 3.8) is 0 Å². The van der Waals surface area contributed by atoms with Gasteiger partial charge in [-0.25, -0.2) is 0 Å². The summed E-state index contributed by atoms with van der Waals surface area (Å²) < 4.78 is 5.85. The molecule has 3 rings (SSSR count). The van der Waals surface area contributed by atoms with Crippen LogP contribution >= 0.6 is 35.7 Å². The smallest absolute Gasteiger partial charge is 0.268 e. The first-order valence-corrected chi connectivity index (χ1v) is 7.91. The predicted molar refractivity (Wildman–Crippen MR) is 87.2 cm³/mol. The van der Waals surface area contributed by atoms with Gasteiger partial charge in [-0.1, -0.05) is 35.7 Å². The lowest BCUT2D eigenvalue weighted by Crippen LogP contribution is -2.23. The van der Waals surface area contributed by atoms with Crippen LogP contribution in [0.1, 0.15) is 0 Å². The van der Waals surface area contributed by atoms with Gasteiger partial charge in [-0.3, -0.25) is 9.69 Å². The number of thioether (sulfide) groups is 2. The summed E-state index contributed by atoms with van der Waals surface area (Å²) in [6.07, 6.45) is 0. The lowest BCUT2D eigenvalue weighted by atomic mass is 10.3. The van der Waals surface area contributed by atoms with Crippen LogP contribution in [0.3, 0.4) is 0 Å². The summed E-state index contributed by atoms with van der Waals surface area (Å²) >= 11 is 8.13. The van der Waals surface area contributed by atoms with Gasteiger partial charge < -0.3 is 9.64 Å². The second kappa shape index (κ2) is 4.98. The van der Waals surface area contributed by atoms with E-state index in [4.69, 9.17) is 17.0 Å². The molecule has 1 saturated heterocycles. The third-order valence-corrected chi connectivity index (χ3v) is 6.11. The minimum atomic E-state index is -0.0332. The quantitative estimate of drug-likeness (QED) is 0.583. The van der Waals surface area contributed by atoms with Crippen LogP contribution in [-0.4, -0.2) is 36.3 Å². The normalized spacial score (nSPS) is 21.8. The molecule has 0 saturated carbocycles. The summed E-state index contributed by atoms with van der Waals surface area (Å²) in [6, 6.07) is 5.91. The molecule has 7 heteroatoms. The SMILES string of the molecule is COc1ccc2c(c1)N(C)/C(=C1/SC(=S)N(C)C1=O)S2. The molecule has 1 aromatic rings. The van der Waals surface area contributed by atoms with Crippen molar-refractivity contribution < 1.29 is 9.53 Å². The first kappa shape index (κ1) is 13.8. The van der Waals surface area contributed by atoms with E-state index in [2.05, 4.69) is 0 Å². The van der Waals surface area contributed by atoms with Crippen LogP contribution in [-0.2, 0) is 4.79 Å². The van der Waals surface area contributed by atoms with Crippen molar-refractivity contribution in [2.45, 2.75) is 4.90 Å². The number of amides is 1. The van der Waals surface area contributed by atoms with Gasteiger partial charge >= 0.3 is 0 Å². The summed E-state index contributed by atoms with van der Waals surface area (Å²) in [6.45, 7) is 0. The van der Waals surface area contributed by atoms with Gasteiger partial charge in [-0.2, -0.15) is 0 Å². The Morgan fingerprint density at radius 2 is 1.95 bits per heavy atom. The van der Waals surface area contributed by atoms with Crippen LogP contribution < -0.4 is 9.64 Å². The highest BCUT2D eigenvalue weighted by atomic mass is 32.2. The molecule has 1 fully saturated rings. The molecule has 0 aliphatic carbocycles. The predicted octanol–water partition coefficient (Wildman–Crippen LogP) is 2.90. The zero-order valence-electron chi connectivity index (χ0n) is 11.2. The van der Waals surface area contributed by atoms with Gasteiger partial charge in [0.05, 0.1) is 17.8 Å². The molecule has 0 radical (unpaired) electrons. The highest BCUT2D eigenvalue weighted by Crippen LogP contribution is 2.50. The maximum Gasteiger partial charge on any atom is 0.268 e. The summed E-state index contributed by atoms with van der Waals surface area (Å²) in [4.78, 5) is 17.6. The summed E-state index contributed by atoms with van der Waals surface area (Å²) in [5.41, 5.74) is 1.05. The minimum Gasteiger partial charge on any atom is -0.497 e. The minimum absolute atomic E-state index is 0.0332. The molecule has 104 valence electrons. The molecular weight excluding hydrogens is 312 g/mol. The standard InChI is InChI=1S/C13H12N2O2S3/c1-14-8-6-7(17-3)4-5-9(8)19-12(14)10-11(16)15(2)13(18)20-10/h4-6H,1-3H3/b12-10-. The number of thiocarbonyl (C=S) groups is 1. The van der Waals surface area contributed by atoms with Crippen molar-refractivity contribution >= 4 is 51.7 Å². The number of fused-ring (bicyclic) bond motifs is 1. The van der Waals surface area contributed by atoms with Crippen LogP contribution in [0.2, 0.25) is 0 Å². The number of benzene rings is 1. The highest BCUT2D eigenvalue weighted by Gasteiger charge is 2.36. The van der Waals surface area contributed by atoms with Crippen molar-refractivity contribution in [2.24, 2.45) is 0 Å². The number of carbonyl (C=O) groups excluding carboxylic acids is 1. The Balaban J connectivity index is 2.04. The molecule has 0 atom stereocenters. The van der Waals surface area contributed by atoms with Crippen molar-refractivity contribution in [1.29, 1.82) is 0 Å². The van der Waals surface area contributed by atoms with E-state index in [1.165, 1.54) is 16.7 Å². The molecule has 20 heavy (non-hydrogen) atoms. The van der Waals surface area contributed by atoms with Crippen LogP contribution in [0.15, 0.2) is 33.0 Å². The number of rotatable bonds is 1. The van der Waals surface area contributed by atoms with E-state index in [9.17, 15) is 4.79 Å².